The molecule has 5 nitrogen and oxygen atoms in total. The zero-order valence-corrected chi connectivity index (χ0v) is 12.3. The molecule has 3 rings (SSSR count). The highest BCUT2D eigenvalue weighted by Gasteiger charge is 2.41. The van der Waals surface area contributed by atoms with Gasteiger partial charge in [0, 0.05) is 32.7 Å². The van der Waals surface area contributed by atoms with Gasteiger partial charge in [-0.3, -0.25) is 0 Å². The standard InChI is InChI=1S/C16H22O5/c1-2-21-16(5-7-18-8-6-16)15(17)12-3-4-13-14(11-12)20-10-9-19-13/h3-4,11,15,17H,2,5-10H2,1H3. The summed E-state index contributed by atoms with van der Waals surface area (Å²) in [6.45, 7) is 4.85. The van der Waals surface area contributed by atoms with E-state index in [0.29, 0.717) is 51.6 Å². The first kappa shape index (κ1) is 14.6. The van der Waals surface area contributed by atoms with Crippen LogP contribution in [-0.2, 0) is 9.47 Å². The molecule has 1 unspecified atom stereocenters. The third kappa shape index (κ3) is 2.86. The molecule has 1 N–H and O–H groups in total. The maximum Gasteiger partial charge on any atom is 0.161 e. The Kier molecular flexibility index (Phi) is 4.33. The van der Waals surface area contributed by atoms with Gasteiger partial charge in [0.25, 0.3) is 0 Å². The molecule has 1 aromatic carbocycles. The normalized spacial score (nSPS) is 21.8. The fourth-order valence-electron chi connectivity index (χ4n) is 3.03. The molecule has 2 heterocycles. The van der Waals surface area contributed by atoms with E-state index in [1.807, 2.05) is 25.1 Å². The second kappa shape index (κ2) is 6.22. The summed E-state index contributed by atoms with van der Waals surface area (Å²) in [5, 5.41) is 10.9. The SMILES string of the molecule is CCOC1(C(O)c2ccc3c(c2)OCCO3)CCOCC1. The monoisotopic (exact) mass is 294 g/mol. The summed E-state index contributed by atoms with van der Waals surface area (Å²) in [5.41, 5.74) is 0.228. The van der Waals surface area contributed by atoms with Gasteiger partial charge in [0.1, 0.15) is 24.9 Å². The quantitative estimate of drug-likeness (QED) is 0.921. The summed E-state index contributed by atoms with van der Waals surface area (Å²) in [4.78, 5) is 0. The molecule has 116 valence electrons. The number of rotatable bonds is 4. The van der Waals surface area contributed by atoms with Gasteiger partial charge in [-0.2, -0.15) is 0 Å². The predicted octanol–water partition coefficient (Wildman–Crippen LogP) is 2.08. The molecule has 1 aromatic rings. The van der Waals surface area contributed by atoms with E-state index >= 15 is 0 Å². The summed E-state index contributed by atoms with van der Waals surface area (Å²) in [7, 11) is 0. The van der Waals surface area contributed by atoms with Crippen LogP contribution in [0.3, 0.4) is 0 Å². The number of hydrogen-bond donors (Lipinski definition) is 1. The average molecular weight is 294 g/mol. The van der Waals surface area contributed by atoms with Gasteiger partial charge in [0.05, 0.1) is 0 Å². The van der Waals surface area contributed by atoms with Crippen molar-refractivity contribution in [3.63, 3.8) is 0 Å². The Morgan fingerprint density at radius 1 is 1.14 bits per heavy atom. The minimum Gasteiger partial charge on any atom is -0.486 e. The Balaban J connectivity index is 1.86. The molecule has 0 spiro atoms. The second-order valence-corrected chi connectivity index (χ2v) is 5.42. The lowest BCUT2D eigenvalue weighted by Crippen LogP contribution is -2.44. The smallest absolute Gasteiger partial charge is 0.161 e. The van der Waals surface area contributed by atoms with Crippen molar-refractivity contribution < 1.29 is 24.1 Å². The zero-order chi connectivity index (χ0) is 14.7. The molecule has 1 fully saturated rings. The van der Waals surface area contributed by atoms with Gasteiger partial charge >= 0.3 is 0 Å². The summed E-state index contributed by atoms with van der Waals surface area (Å²) in [6, 6.07) is 5.59. The van der Waals surface area contributed by atoms with Gasteiger partial charge < -0.3 is 24.1 Å². The van der Waals surface area contributed by atoms with E-state index in [9.17, 15) is 5.11 Å². The van der Waals surface area contributed by atoms with E-state index in [1.54, 1.807) is 0 Å². The Bertz CT molecular complexity index is 476. The maximum absolute atomic E-state index is 10.9. The van der Waals surface area contributed by atoms with Crippen molar-refractivity contribution in [3.05, 3.63) is 23.8 Å². The van der Waals surface area contributed by atoms with Crippen molar-refractivity contribution in [1.29, 1.82) is 0 Å². The predicted molar refractivity (Wildman–Crippen MR) is 76.8 cm³/mol. The summed E-state index contributed by atoms with van der Waals surface area (Å²) >= 11 is 0. The van der Waals surface area contributed by atoms with Crippen molar-refractivity contribution in [1.82, 2.24) is 0 Å². The largest absolute Gasteiger partial charge is 0.486 e. The first-order chi connectivity index (χ1) is 10.2. The van der Waals surface area contributed by atoms with E-state index in [1.165, 1.54) is 0 Å². The van der Waals surface area contributed by atoms with Crippen molar-refractivity contribution in [2.45, 2.75) is 31.5 Å². The van der Waals surface area contributed by atoms with Crippen LogP contribution in [-0.4, -0.2) is 43.7 Å². The third-order valence-electron chi connectivity index (χ3n) is 4.15. The first-order valence-corrected chi connectivity index (χ1v) is 7.54. The molecular formula is C16H22O5. The Morgan fingerprint density at radius 2 is 1.86 bits per heavy atom. The van der Waals surface area contributed by atoms with Gasteiger partial charge in [0.2, 0.25) is 0 Å². The van der Waals surface area contributed by atoms with Crippen LogP contribution in [0, 0.1) is 0 Å². The van der Waals surface area contributed by atoms with Crippen LogP contribution < -0.4 is 9.47 Å². The number of aliphatic hydroxyl groups is 1. The molecule has 0 aliphatic carbocycles. The van der Waals surface area contributed by atoms with Crippen molar-refractivity contribution in [2.24, 2.45) is 0 Å². The molecular weight excluding hydrogens is 272 g/mol. The number of hydrogen-bond acceptors (Lipinski definition) is 5. The lowest BCUT2D eigenvalue weighted by atomic mass is 9.84. The van der Waals surface area contributed by atoms with Crippen LogP contribution in [0.2, 0.25) is 0 Å². The highest BCUT2D eigenvalue weighted by atomic mass is 16.6. The topological polar surface area (TPSA) is 57.2 Å². The summed E-state index contributed by atoms with van der Waals surface area (Å²) in [5.74, 6) is 1.42. The molecule has 0 saturated carbocycles. The van der Waals surface area contributed by atoms with E-state index in [-0.39, 0.29) is 0 Å². The molecule has 0 amide bonds. The van der Waals surface area contributed by atoms with E-state index < -0.39 is 11.7 Å². The molecule has 5 heteroatoms. The summed E-state index contributed by atoms with van der Waals surface area (Å²) in [6.07, 6.45) is 0.685. The van der Waals surface area contributed by atoms with E-state index in [4.69, 9.17) is 18.9 Å². The van der Waals surface area contributed by atoms with Crippen LogP contribution in [0.4, 0.5) is 0 Å². The maximum atomic E-state index is 10.9. The van der Waals surface area contributed by atoms with Crippen LogP contribution >= 0.6 is 0 Å². The number of benzene rings is 1. The van der Waals surface area contributed by atoms with Gasteiger partial charge in [-0.05, 0) is 24.6 Å². The highest BCUT2D eigenvalue weighted by molar-refractivity contribution is 5.44. The van der Waals surface area contributed by atoms with Crippen molar-refractivity contribution in [2.75, 3.05) is 33.0 Å². The molecule has 1 saturated heterocycles. The Labute approximate surface area is 124 Å². The zero-order valence-electron chi connectivity index (χ0n) is 12.3. The Morgan fingerprint density at radius 3 is 2.57 bits per heavy atom. The van der Waals surface area contributed by atoms with Gasteiger partial charge in [0.15, 0.2) is 11.5 Å². The lowest BCUT2D eigenvalue weighted by molar-refractivity contribution is -0.168. The fourth-order valence-corrected chi connectivity index (χ4v) is 3.03. The average Bonchev–Trinajstić information content (AvgIpc) is 2.55. The lowest BCUT2D eigenvalue weighted by Gasteiger charge is -2.40. The molecule has 2 aliphatic heterocycles. The second-order valence-electron chi connectivity index (χ2n) is 5.42. The molecule has 2 aliphatic rings. The highest BCUT2D eigenvalue weighted by Crippen LogP contribution is 2.40. The van der Waals surface area contributed by atoms with Crippen LogP contribution in [0.15, 0.2) is 18.2 Å². The van der Waals surface area contributed by atoms with Gasteiger partial charge in [-0.15, -0.1) is 0 Å². The van der Waals surface area contributed by atoms with Crippen molar-refractivity contribution >= 4 is 0 Å². The van der Waals surface area contributed by atoms with Crippen LogP contribution in [0.5, 0.6) is 11.5 Å². The summed E-state index contributed by atoms with van der Waals surface area (Å²) < 4.78 is 22.5. The minimum absolute atomic E-state index is 0.539. The van der Waals surface area contributed by atoms with Crippen LogP contribution in [0.1, 0.15) is 31.4 Å². The number of ether oxygens (including phenoxy) is 4. The van der Waals surface area contributed by atoms with Gasteiger partial charge in [-0.1, -0.05) is 6.07 Å². The number of aliphatic hydroxyl groups excluding tert-OH is 1. The third-order valence-corrected chi connectivity index (χ3v) is 4.15. The van der Waals surface area contributed by atoms with E-state index in [0.717, 1.165) is 11.3 Å². The minimum atomic E-state index is -0.697. The first-order valence-electron chi connectivity index (χ1n) is 7.54. The molecule has 0 bridgehead atoms. The molecule has 1 atom stereocenters. The van der Waals surface area contributed by atoms with E-state index in [2.05, 4.69) is 0 Å². The van der Waals surface area contributed by atoms with Crippen LogP contribution in [0.25, 0.3) is 0 Å². The molecule has 0 aromatic heterocycles. The Hall–Kier alpha value is -1.30. The molecule has 21 heavy (non-hydrogen) atoms. The molecule has 0 radical (unpaired) electrons. The fraction of sp³-hybridized carbons (Fsp3) is 0.625. The van der Waals surface area contributed by atoms with Crippen molar-refractivity contribution in [3.8, 4) is 11.5 Å². The van der Waals surface area contributed by atoms with Gasteiger partial charge in [-0.25, -0.2) is 0 Å². The number of fused-ring (bicyclic) bond motifs is 1.